The molecular weight excluding hydrogens is 546 g/mol. The van der Waals surface area contributed by atoms with Gasteiger partial charge >= 0.3 is 0 Å². The smallest absolute Gasteiger partial charge is 0.266 e. The first-order valence-electron chi connectivity index (χ1n) is 12.7. The van der Waals surface area contributed by atoms with Crippen molar-refractivity contribution >= 4 is 26.8 Å². The number of hydrogen-bond acceptors (Lipinski definition) is 7. The number of aromatic nitrogens is 3. The molecule has 1 saturated heterocycles. The highest BCUT2D eigenvalue weighted by molar-refractivity contribution is 7.89. The van der Waals surface area contributed by atoms with E-state index in [2.05, 4.69) is 25.6 Å². The van der Waals surface area contributed by atoms with Gasteiger partial charge in [-0.3, -0.25) is 0 Å². The van der Waals surface area contributed by atoms with Crippen LogP contribution in [-0.4, -0.2) is 48.7 Å². The summed E-state index contributed by atoms with van der Waals surface area (Å²) in [6, 6.07) is 11.7. The number of benzene rings is 2. The van der Waals surface area contributed by atoms with Gasteiger partial charge in [0.1, 0.15) is 23.0 Å². The van der Waals surface area contributed by atoms with Crippen LogP contribution in [0.25, 0.3) is 22.3 Å². The number of rotatable bonds is 8. The molecule has 210 valence electrons. The van der Waals surface area contributed by atoms with Crippen molar-refractivity contribution in [1.29, 1.82) is 0 Å². The maximum Gasteiger partial charge on any atom is 0.266 e. The molecule has 0 unspecified atom stereocenters. The highest BCUT2D eigenvalue weighted by Gasteiger charge is 2.23. The first kappa shape index (κ1) is 27.9. The number of nitrogens with zero attached hydrogens (tertiary/aromatic N) is 3. The van der Waals surface area contributed by atoms with Crippen LogP contribution in [0.4, 0.5) is 23.5 Å². The van der Waals surface area contributed by atoms with Gasteiger partial charge in [0.05, 0.1) is 23.4 Å². The zero-order valence-electron chi connectivity index (χ0n) is 21.5. The van der Waals surface area contributed by atoms with Crippen LogP contribution in [0.2, 0.25) is 0 Å². The number of sulfone groups is 1. The molecule has 0 saturated carbocycles. The van der Waals surface area contributed by atoms with Gasteiger partial charge in [-0.15, -0.1) is 0 Å². The van der Waals surface area contributed by atoms with E-state index < -0.39 is 39.6 Å². The summed E-state index contributed by atoms with van der Waals surface area (Å²) >= 11 is 0. The number of hydrogen-bond donors (Lipinski definition) is 2. The van der Waals surface area contributed by atoms with Gasteiger partial charge in [-0.25, -0.2) is 40.9 Å². The van der Waals surface area contributed by atoms with Crippen LogP contribution in [0.1, 0.15) is 35.1 Å². The summed E-state index contributed by atoms with van der Waals surface area (Å²) in [5.74, 6) is -1.45. The first-order valence-corrected chi connectivity index (χ1v) is 14.5. The van der Waals surface area contributed by atoms with Crippen LogP contribution >= 0.6 is 0 Å². The van der Waals surface area contributed by atoms with E-state index in [9.17, 15) is 21.6 Å². The lowest BCUT2D eigenvalue weighted by molar-refractivity contribution is 0.153. The lowest BCUT2D eigenvalue weighted by atomic mass is 10.1. The summed E-state index contributed by atoms with van der Waals surface area (Å²) in [6.45, 7) is 2.63. The van der Waals surface area contributed by atoms with E-state index >= 15 is 4.39 Å². The van der Waals surface area contributed by atoms with E-state index in [1.165, 1.54) is 18.3 Å². The topological polar surface area (TPSA) is 96.9 Å². The summed E-state index contributed by atoms with van der Waals surface area (Å²) in [5.41, 5.74) is 1.42. The number of fused-ring (bicyclic) bond motifs is 1. The maximum atomic E-state index is 15.0. The Hall–Kier alpha value is -3.64. The average molecular weight is 574 g/mol. The second-order valence-electron chi connectivity index (χ2n) is 9.98. The van der Waals surface area contributed by atoms with E-state index in [4.69, 9.17) is 0 Å². The van der Waals surface area contributed by atoms with Crippen LogP contribution in [0.3, 0.4) is 0 Å². The number of anilines is 1. The van der Waals surface area contributed by atoms with Crippen molar-refractivity contribution in [2.24, 2.45) is 0 Å². The van der Waals surface area contributed by atoms with Gasteiger partial charge in [-0.2, -0.15) is 0 Å². The Balaban J connectivity index is 1.39. The minimum Gasteiger partial charge on any atom is -0.350 e. The SMILES string of the molecule is Cc1ccc(CS(=O)(=O)Cc2ccc(-c3cc(C(F)F)c4nc(N[C@@H]5CNC[C@@H](F)C5)ncc4n3)cc2F)cc1. The van der Waals surface area contributed by atoms with Crippen molar-refractivity contribution in [2.75, 3.05) is 18.4 Å². The molecule has 2 aromatic carbocycles. The zero-order valence-corrected chi connectivity index (χ0v) is 22.4. The first-order chi connectivity index (χ1) is 19.1. The molecule has 4 aromatic rings. The highest BCUT2D eigenvalue weighted by atomic mass is 32.2. The minimum atomic E-state index is -3.67. The van der Waals surface area contributed by atoms with Gasteiger partial charge in [-0.05, 0) is 24.6 Å². The quantitative estimate of drug-likeness (QED) is 0.276. The molecule has 1 aliphatic rings. The fourth-order valence-corrected chi connectivity index (χ4v) is 6.17. The standard InChI is InChI=1S/C28H27F4N5O2S/c1-16-2-4-17(5-3-16)14-40(38,39)15-19-7-6-18(8-23(19)30)24-10-22(27(31)32)26-25(36-24)13-34-28(37-26)35-21-9-20(29)11-33-12-21/h2-8,10,13,20-21,27,33H,9,11-12,14-15H2,1H3,(H,34,35,37)/t20-,21-/m0/s1. The van der Waals surface area contributed by atoms with E-state index in [1.807, 2.05) is 19.1 Å². The Morgan fingerprint density at radius 1 is 1.05 bits per heavy atom. The summed E-state index contributed by atoms with van der Waals surface area (Å²) in [6.07, 6.45) is -2.42. The van der Waals surface area contributed by atoms with Gasteiger partial charge in [0.2, 0.25) is 5.95 Å². The van der Waals surface area contributed by atoms with E-state index in [0.717, 1.165) is 17.7 Å². The van der Waals surface area contributed by atoms with Gasteiger partial charge in [0.25, 0.3) is 6.43 Å². The third-order valence-electron chi connectivity index (χ3n) is 6.67. The average Bonchev–Trinajstić information content (AvgIpc) is 2.90. The fraction of sp³-hybridized carbons (Fsp3) is 0.321. The lowest BCUT2D eigenvalue weighted by Gasteiger charge is -2.26. The van der Waals surface area contributed by atoms with Gasteiger partial charge < -0.3 is 10.6 Å². The highest BCUT2D eigenvalue weighted by Crippen LogP contribution is 2.31. The second-order valence-corrected chi connectivity index (χ2v) is 12.0. The fourth-order valence-electron chi connectivity index (χ4n) is 4.66. The van der Waals surface area contributed by atoms with Crippen LogP contribution in [0.5, 0.6) is 0 Å². The normalized spacial score (nSPS) is 17.9. The van der Waals surface area contributed by atoms with Crippen LogP contribution in [-0.2, 0) is 21.3 Å². The van der Waals surface area contributed by atoms with Crippen molar-refractivity contribution in [3.05, 3.63) is 82.8 Å². The predicted molar refractivity (Wildman–Crippen MR) is 145 cm³/mol. The molecule has 0 bridgehead atoms. The lowest BCUT2D eigenvalue weighted by Crippen LogP contribution is -2.44. The molecule has 1 aliphatic heterocycles. The molecule has 5 rings (SSSR count). The number of nitrogens with one attached hydrogen (secondary N) is 2. The Morgan fingerprint density at radius 2 is 1.82 bits per heavy atom. The number of alkyl halides is 3. The Morgan fingerprint density at radius 3 is 2.52 bits per heavy atom. The molecule has 2 aromatic heterocycles. The number of piperidine rings is 1. The summed E-state index contributed by atoms with van der Waals surface area (Å²) in [7, 11) is -3.67. The zero-order chi connectivity index (χ0) is 28.4. The Bertz CT molecular complexity index is 1630. The van der Waals surface area contributed by atoms with Gasteiger partial charge in [0, 0.05) is 42.2 Å². The third-order valence-corrected chi connectivity index (χ3v) is 8.20. The molecular formula is C28H27F4N5O2S. The monoisotopic (exact) mass is 573 g/mol. The number of halogens is 4. The number of aryl methyl sites for hydroxylation is 1. The molecule has 40 heavy (non-hydrogen) atoms. The largest absolute Gasteiger partial charge is 0.350 e. The van der Waals surface area contributed by atoms with Crippen LogP contribution < -0.4 is 10.6 Å². The summed E-state index contributed by atoms with van der Waals surface area (Å²) < 4.78 is 82.2. The Kier molecular flexibility index (Phi) is 7.99. The molecule has 1 fully saturated rings. The van der Waals surface area contributed by atoms with Crippen molar-refractivity contribution < 1.29 is 26.0 Å². The maximum absolute atomic E-state index is 15.0. The van der Waals surface area contributed by atoms with Crippen molar-refractivity contribution in [3.63, 3.8) is 0 Å². The van der Waals surface area contributed by atoms with E-state index in [1.54, 1.807) is 12.1 Å². The number of pyridine rings is 1. The second kappa shape index (κ2) is 11.5. The van der Waals surface area contributed by atoms with Crippen LogP contribution in [0.15, 0.2) is 54.7 Å². The van der Waals surface area contributed by atoms with Crippen LogP contribution in [0, 0.1) is 12.7 Å². The van der Waals surface area contributed by atoms with Crippen molar-refractivity contribution in [2.45, 2.75) is 43.5 Å². The molecule has 0 radical (unpaired) electrons. The molecule has 7 nitrogen and oxygen atoms in total. The Labute approximate surface area is 229 Å². The van der Waals surface area contributed by atoms with Crippen molar-refractivity contribution in [3.8, 4) is 11.3 Å². The van der Waals surface area contributed by atoms with Gasteiger partial charge in [-0.1, -0.05) is 42.0 Å². The molecule has 12 heteroatoms. The van der Waals surface area contributed by atoms with Crippen molar-refractivity contribution in [1.82, 2.24) is 20.3 Å². The summed E-state index contributed by atoms with van der Waals surface area (Å²) in [5, 5.41) is 5.91. The molecule has 3 heterocycles. The third kappa shape index (κ3) is 6.56. The minimum absolute atomic E-state index is 0.0301. The molecule has 0 amide bonds. The predicted octanol–water partition coefficient (Wildman–Crippen LogP) is 5.30. The summed E-state index contributed by atoms with van der Waals surface area (Å²) in [4.78, 5) is 12.7. The van der Waals surface area contributed by atoms with Gasteiger partial charge in [0.15, 0.2) is 9.84 Å². The molecule has 0 aliphatic carbocycles. The van der Waals surface area contributed by atoms with E-state index in [-0.39, 0.29) is 58.6 Å². The molecule has 2 atom stereocenters. The molecule has 0 spiro atoms. The van der Waals surface area contributed by atoms with E-state index in [0.29, 0.717) is 12.1 Å². The molecule has 2 N–H and O–H groups in total.